The molecule has 0 aromatic heterocycles. The van der Waals surface area contributed by atoms with Crippen molar-refractivity contribution in [3.63, 3.8) is 0 Å². The number of nitrogens with two attached hydrogens (primary N) is 1. The van der Waals surface area contributed by atoms with E-state index in [1.54, 1.807) is 0 Å². The van der Waals surface area contributed by atoms with Crippen LogP contribution < -0.4 is 5.73 Å². The summed E-state index contributed by atoms with van der Waals surface area (Å²) < 4.78 is 33.5. The monoisotopic (exact) mass is 886 g/mol. The molecule has 2 unspecified atom stereocenters. The molecule has 0 saturated carbocycles. The normalized spacial score (nSPS) is 14.2. The summed E-state index contributed by atoms with van der Waals surface area (Å²) in [6.45, 7) is 4.73. The van der Waals surface area contributed by atoms with Crippen LogP contribution in [-0.2, 0) is 27.9 Å². The molecule has 0 spiro atoms. The molecular weight excluding hydrogens is 794 g/mol. The minimum Gasteiger partial charge on any atom is -0.457 e. The maximum absolute atomic E-state index is 12.6. The molecule has 0 aliphatic rings. The van der Waals surface area contributed by atoms with Crippen molar-refractivity contribution in [2.75, 3.05) is 33.0 Å². The Morgan fingerprint density at radius 3 is 1.35 bits per heavy atom. The molecule has 0 amide bonds. The molecule has 0 rings (SSSR count). The Balaban J connectivity index is 4.07. The van der Waals surface area contributed by atoms with E-state index in [9.17, 15) is 14.3 Å². The van der Waals surface area contributed by atoms with Crippen LogP contribution in [0.15, 0.2) is 97.2 Å². The lowest BCUT2D eigenvalue weighted by Gasteiger charge is -2.20. The maximum atomic E-state index is 12.6. The molecule has 0 aromatic carbocycles. The molecule has 356 valence electrons. The number of carbonyl (C=O) groups excluding carboxylic acids is 1. The van der Waals surface area contributed by atoms with E-state index in [1.807, 2.05) is 0 Å². The molecule has 9 heteroatoms. The van der Waals surface area contributed by atoms with E-state index in [4.69, 9.17) is 24.3 Å². The van der Waals surface area contributed by atoms with Crippen LogP contribution >= 0.6 is 7.82 Å². The van der Waals surface area contributed by atoms with Crippen LogP contribution in [0.1, 0.15) is 194 Å². The van der Waals surface area contributed by atoms with E-state index in [0.29, 0.717) is 6.61 Å². The number of ether oxygens (including phenoxy) is 2. The number of esters is 1. The fourth-order valence-corrected chi connectivity index (χ4v) is 7.15. The van der Waals surface area contributed by atoms with E-state index in [-0.39, 0.29) is 38.8 Å². The van der Waals surface area contributed by atoms with Crippen molar-refractivity contribution in [2.45, 2.75) is 200 Å². The number of phosphoric acid groups is 1. The third kappa shape index (κ3) is 48.5. The largest absolute Gasteiger partial charge is 0.472 e. The van der Waals surface area contributed by atoms with Crippen LogP contribution in [0.25, 0.3) is 0 Å². The predicted octanol–water partition coefficient (Wildman–Crippen LogP) is 15.4. The topological polar surface area (TPSA) is 117 Å². The number of rotatable bonds is 46. The van der Waals surface area contributed by atoms with Gasteiger partial charge in [-0.25, -0.2) is 4.57 Å². The summed E-state index contributed by atoms with van der Waals surface area (Å²) in [5, 5.41) is 0. The molecule has 0 aromatic rings. The van der Waals surface area contributed by atoms with Gasteiger partial charge in [0.15, 0.2) is 0 Å². The Kier molecular flexibility index (Phi) is 47.4. The summed E-state index contributed by atoms with van der Waals surface area (Å²) >= 11 is 0. The molecule has 8 nitrogen and oxygen atoms in total. The fourth-order valence-electron chi connectivity index (χ4n) is 6.38. The highest BCUT2D eigenvalue weighted by Gasteiger charge is 2.25. The predicted molar refractivity (Wildman–Crippen MR) is 265 cm³/mol. The summed E-state index contributed by atoms with van der Waals surface area (Å²) in [6.07, 6.45) is 65.7. The van der Waals surface area contributed by atoms with Crippen molar-refractivity contribution in [1.82, 2.24) is 0 Å². The van der Waals surface area contributed by atoms with Crippen LogP contribution in [0, 0.1) is 0 Å². The lowest BCUT2D eigenvalue weighted by atomic mass is 10.1. The molecule has 0 heterocycles. The number of unbranched alkanes of at least 4 members (excludes halogenated alkanes) is 17. The summed E-state index contributed by atoms with van der Waals surface area (Å²) in [5.74, 6) is -0.356. The second-order valence-electron chi connectivity index (χ2n) is 15.9. The standard InChI is InChI=1S/C53H92NO7P/c1-3-5-7-9-11-13-15-17-19-21-23-25-27-29-31-33-35-37-39-41-43-45-48-58-50-52(51-60-62(56,57)59-49-47-54)61-53(55)46-44-42-40-38-36-34-32-30-28-26-24-22-20-18-16-14-12-10-8-6-4-2/h6,8,12,14-15,17-18,20-21,23-24,26-27,29-30,32,52H,3-5,7,9-11,13,16,19,22,25,28,31,33-51,54H2,1-2H3,(H,56,57)/b8-6-,14-12-,17-15-,20-18-,23-21-,26-24-,29-27-,32-30-. The van der Waals surface area contributed by atoms with Crippen molar-refractivity contribution in [3.05, 3.63) is 97.2 Å². The SMILES string of the molecule is CC/C=C\C/C=C\C/C=C\C/C=C\C/C=C\CCCCCCCC(=O)OC(COCCCCCCCCC/C=C\C/C=C\C/C=C\CCCCCCC)COP(=O)(O)OCCN. The summed E-state index contributed by atoms with van der Waals surface area (Å²) in [6, 6.07) is 0. The van der Waals surface area contributed by atoms with Gasteiger partial charge in [-0.3, -0.25) is 13.8 Å². The van der Waals surface area contributed by atoms with Gasteiger partial charge in [0.25, 0.3) is 0 Å². The molecule has 0 fully saturated rings. The average Bonchev–Trinajstić information content (AvgIpc) is 3.26. The van der Waals surface area contributed by atoms with Gasteiger partial charge in [-0.2, -0.15) is 0 Å². The Bertz CT molecular complexity index is 1270. The third-order valence-electron chi connectivity index (χ3n) is 9.99. The lowest BCUT2D eigenvalue weighted by Crippen LogP contribution is -2.28. The molecule has 0 saturated heterocycles. The minimum absolute atomic E-state index is 0.0894. The van der Waals surface area contributed by atoms with Gasteiger partial charge < -0.3 is 20.1 Å². The zero-order valence-electron chi connectivity index (χ0n) is 39.6. The molecule has 0 aliphatic carbocycles. The van der Waals surface area contributed by atoms with Crippen molar-refractivity contribution >= 4 is 13.8 Å². The average molecular weight is 886 g/mol. The van der Waals surface area contributed by atoms with Gasteiger partial charge in [-0.05, 0) is 96.3 Å². The Labute approximate surface area is 380 Å². The van der Waals surface area contributed by atoms with Crippen LogP contribution in [0.5, 0.6) is 0 Å². The van der Waals surface area contributed by atoms with Gasteiger partial charge in [-0.15, -0.1) is 0 Å². The number of hydrogen-bond acceptors (Lipinski definition) is 7. The van der Waals surface area contributed by atoms with Gasteiger partial charge >= 0.3 is 13.8 Å². The van der Waals surface area contributed by atoms with E-state index in [2.05, 4.69) is 111 Å². The van der Waals surface area contributed by atoms with Crippen molar-refractivity contribution in [3.8, 4) is 0 Å². The zero-order chi connectivity index (χ0) is 45.1. The van der Waals surface area contributed by atoms with Gasteiger partial charge in [0, 0.05) is 19.6 Å². The van der Waals surface area contributed by atoms with E-state index in [0.717, 1.165) is 109 Å². The van der Waals surface area contributed by atoms with Crippen LogP contribution in [0.3, 0.4) is 0 Å². The zero-order valence-corrected chi connectivity index (χ0v) is 40.5. The first-order chi connectivity index (χ1) is 30.4. The Morgan fingerprint density at radius 1 is 0.500 bits per heavy atom. The van der Waals surface area contributed by atoms with Crippen molar-refractivity contribution < 1.29 is 32.8 Å². The van der Waals surface area contributed by atoms with Gasteiger partial charge in [0.2, 0.25) is 0 Å². The highest BCUT2D eigenvalue weighted by molar-refractivity contribution is 7.47. The Hall–Kier alpha value is -2.58. The second-order valence-corrected chi connectivity index (χ2v) is 17.4. The number of carbonyl (C=O) groups is 1. The number of allylic oxidation sites excluding steroid dienone is 16. The van der Waals surface area contributed by atoms with E-state index < -0.39 is 13.9 Å². The van der Waals surface area contributed by atoms with E-state index >= 15 is 0 Å². The van der Waals surface area contributed by atoms with Gasteiger partial charge in [0.1, 0.15) is 6.10 Å². The Morgan fingerprint density at radius 2 is 0.903 bits per heavy atom. The van der Waals surface area contributed by atoms with Gasteiger partial charge in [-0.1, -0.05) is 188 Å². The summed E-state index contributed by atoms with van der Waals surface area (Å²) in [4.78, 5) is 22.6. The first kappa shape index (κ1) is 59.4. The molecule has 2 atom stereocenters. The molecule has 62 heavy (non-hydrogen) atoms. The van der Waals surface area contributed by atoms with Gasteiger partial charge in [0.05, 0.1) is 19.8 Å². The quantitative estimate of drug-likeness (QED) is 0.0269. The maximum Gasteiger partial charge on any atom is 0.472 e. The highest BCUT2D eigenvalue weighted by Crippen LogP contribution is 2.43. The van der Waals surface area contributed by atoms with Crippen LogP contribution in [0.4, 0.5) is 0 Å². The lowest BCUT2D eigenvalue weighted by molar-refractivity contribution is -0.154. The molecule has 0 radical (unpaired) electrons. The minimum atomic E-state index is -4.30. The second kappa shape index (κ2) is 49.4. The first-order valence-electron chi connectivity index (χ1n) is 24.7. The summed E-state index contributed by atoms with van der Waals surface area (Å²) in [7, 11) is -4.30. The fraction of sp³-hybridized carbons (Fsp3) is 0.679. The van der Waals surface area contributed by atoms with Crippen molar-refractivity contribution in [2.24, 2.45) is 5.73 Å². The molecular formula is C53H92NO7P. The first-order valence-corrected chi connectivity index (χ1v) is 26.2. The van der Waals surface area contributed by atoms with Crippen molar-refractivity contribution in [1.29, 1.82) is 0 Å². The third-order valence-corrected chi connectivity index (χ3v) is 11.0. The smallest absolute Gasteiger partial charge is 0.457 e. The van der Waals surface area contributed by atoms with E-state index in [1.165, 1.54) is 64.2 Å². The molecule has 0 bridgehead atoms. The van der Waals surface area contributed by atoms with Crippen LogP contribution in [0.2, 0.25) is 0 Å². The number of phosphoric ester groups is 1. The highest BCUT2D eigenvalue weighted by atomic mass is 31.2. The molecule has 0 aliphatic heterocycles. The number of hydrogen-bond donors (Lipinski definition) is 2. The molecule has 3 N–H and O–H groups in total. The van der Waals surface area contributed by atoms with Crippen LogP contribution in [-0.4, -0.2) is 49.9 Å². The summed E-state index contributed by atoms with van der Waals surface area (Å²) in [5.41, 5.74) is 5.38.